The minimum Gasteiger partial charge on any atom is -0.339 e. The highest BCUT2D eigenvalue weighted by atomic mass is 16.5. The highest BCUT2D eigenvalue weighted by Gasteiger charge is 2.34. The summed E-state index contributed by atoms with van der Waals surface area (Å²) in [5.41, 5.74) is 0.0809. The molecule has 2 rings (SSSR count). The number of hydrogen-bond acceptors (Lipinski definition) is 5. The van der Waals surface area contributed by atoms with E-state index in [2.05, 4.69) is 61.9 Å². The van der Waals surface area contributed by atoms with Crippen LogP contribution < -0.4 is 5.32 Å². The monoisotopic (exact) mass is 294 g/mol. The summed E-state index contributed by atoms with van der Waals surface area (Å²) in [4.78, 5) is 7.09. The first-order valence-corrected chi connectivity index (χ1v) is 8.00. The van der Waals surface area contributed by atoms with E-state index in [-0.39, 0.29) is 11.0 Å². The first-order valence-electron chi connectivity index (χ1n) is 8.00. The Morgan fingerprint density at radius 1 is 1.19 bits per heavy atom. The molecule has 2 heterocycles. The zero-order valence-electron chi connectivity index (χ0n) is 14.4. The van der Waals surface area contributed by atoms with Gasteiger partial charge in [0.15, 0.2) is 5.82 Å². The van der Waals surface area contributed by atoms with Crippen LogP contribution >= 0.6 is 0 Å². The lowest BCUT2D eigenvalue weighted by atomic mass is 9.80. The summed E-state index contributed by atoms with van der Waals surface area (Å²) in [5.74, 6) is 2.07. The van der Waals surface area contributed by atoms with E-state index in [4.69, 9.17) is 4.52 Å². The largest absolute Gasteiger partial charge is 0.339 e. The Bertz CT molecular complexity index is 455. The van der Waals surface area contributed by atoms with Gasteiger partial charge in [-0.3, -0.25) is 4.90 Å². The van der Waals surface area contributed by atoms with Crippen molar-refractivity contribution in [1.29, 1.82) is 0 Å². The minimum atomic E-state index is -0.172. The Morgan fingerprint density at radius 2 is 1.81 bits per heavy atom. The second kappa shape index (κ2) is 6.05. The summed E-state index contributed by atoms with van der Waals surface area (Å²) in [7, 11) is 0. The summed E-state index contributed by atoms with van der Waals surface area (Å²) >= 11 is 0. The molecule has 1 atom stereocenters. The Morgan fingerprint density at radius 3 is 2.38 bits per heavy atom. The Kier molecular flexibility index (Phi) is 4.73. The van der Waals surface area contributed by atoms with Crippen LogP contribution in [0.5, 0.6) is 0 Å². The van der Waals surface area contributed by atoms with E-state index in [1.165, 1.54) is 0 Å². The quantitative estimate of drug-likeness (QED) is 0.924. The van der Waals surface area contributed by atoms with Crippen molar-refractivity contribution in [2.75, 3.05) is 26.2 Å². The van der Waals surface area contributed by atoms with Crippen molar-refractivity contribution in [2.24, 2.45) is 11.3 Å². The number of rotatable bonds is 4. The van der Waals surface area contributed by atoms with Crippen LogP contribution in [0.1, 0.15) is 53.3 Å². The molecule has 5 heteroatoms. The molecule has 0 radical (unpaired) electrons. The zero-order chi connectivity index (χ0) is 15.7. The molecule has 5 nitrogen and oxygen atoms in total. The topological polar surface area (TPSA) is 54.2 Å². The van der Waals surface area contributed by atoms with Gasteiger partial charge in [-0.1, -0.05) is 32.9 Å². The first kappa shape index (κ1) is 16.4. The Hall–Kier alpha value is -0.940. The molecule has 1 unspecified atom stereocenters. The van der Waals surface area contributed by atoms with E-state index < -0.39 is 0 Å². The Balaban J connectivity index is 2.08. The lowest BCUT2D eigenvalue weighted by Gasteiger charge is -2.38. The molecule has 0 aromatic carbocycles. The number of aromatic nitrogens is 2. The third-order valence-corrected chi connectivity index (χ3v) is 4.88. The van der Waals surface area contributed by atoms with Crippen LogP contribution in [0.2, 0.25) is 0 Å². The number of piperazine rings is 1. The average Bonchev–Trinajstić information content (AvgIpc) is 2.88. The molecule has 1 aromatic heterocycles. The normalized spacial score (nSPS) is 19.7. The number of nitrogens with one attached hydrogen (secondary N) is 1. The van der Waals surface area contributed by atoms with Gasteiger partial charge in [0.05, 0.1) is 5.54 Å². The van der Waals surface area contributed by atoms with Crippen LogP contribution in [0, 0.1) is 11.3 Å². The SMILES string of the molecule is CC(Cc1nc(C(C)(C)N2CCNCC2)no1)C(C)(C)C. The lowest BCUT2D eigenvalue weighted by molar-refractivity contribution is 0.0924. The molecular weight excluding hydrogens is 264 g/mol. The molecule has 0 spiro atoms. The maximum absolute atomic E-state index is 5.50. The van der Waals surface area contributed by atoms with Gasteiger partial charge in [-0.05, 0) is 25.2 Å². The van der Waals surface area contributed by atoms with Gasteiger partial charge in [0.1, 0.15) is 0 Å². The molecule has 1 aliphatic heterocycles. The van der Waals surface area contributed by atoms with Crippen molar-refractivity contribution in [2.45, 2.75) is 53.5 Å². The Labute approximate surface area is 128 Å². The van der Waals surface area contributed by atoms with Crippen LogP contribution in [-0.4, -0.2) is 41.2 Å². The summed E-state index contributed by atoms with van der Waals surface area (Å²) in [5, 5.41) is 7.63. The van der Waals surface area contributed by atoms with Crippen LogP contribution in [0.4, 0.5) is 0 Å². The van der Waals surface area contributed by atoms with Gasteiger partial charge >= 0.3 is 0 Å². The summed E-state index contributed by atoms with van der Waals surface area (Å²) < 4.78 is 5.50. The maximum atomic E-state index is 5.50. The minimum absolute atomic E-state index is 0.172. The number of nitrogens with zero attached hydrogens (tertiary/aromatic N) is 3. The van der Waals surface area contributed by atoms with Gasteiger partial charge in [0.2, 0.25) is 5.89 Å². The lowest BCUT2D eigenvalue weighted by Crippen LogP contribution is -2.52. The second-order valence-electron chi connectivity index (χ2n) is 7.78. The van der Waals surface area contributed by atoms with Crippen molar-refractivity contribution in [3.05, 3.63) is 11.7 Å². The molecule has 1 fully saturated rings. The van der Waals surface area contributed by atoms with Gasteiger partial charge in [0.25, 0.3) is 0 Å². The molecule has 1 aliphatic rings. The highest BCUT2D eigenvalue weighted by molar-refractivity contribution is 5.03. The van der Waals surface area contributed by atoms with Crippen LogP contribution in [0.15, 0.2) is 4.52 Å². The summed E-state index contributed by atoms with van der Waals surface area (Å²) in [6.07, 6.45) is 0.841. The van der Waals surface area contributed by atoms with Crippen molar-refractivity contribution in [3.63, 3.8) is 0 Å². The maximum Gasteiger partial charge on any atom is 0.227 e. The van der Waals surface area contributed by atoms with Gasteiger partial charge in [-0.15, -0.1) is 0 Å². The summed E-state index contributed by atoms with van der Waals surface area (Å²) in [6, 6.07) is 0. The predicted octanol–water partition coefficient (Wildman–Crippen LogP) is 2.43. The standard InChI is InChI=1S/C16H30N4O/c1-12(15(2,3)4)11-13-18-14(19-21-13)16(5,6)20-9-7-17-8-10-20/h12,17H,7-11H2,1-6H3. The van der Waals surface area contributed by atoms with Gasteiger partial charge in [-0.2, -0.15) is 4.98 Å². The third kappa shape index (κ3) is 3.83. The fourth-order valence-electron chi connectivity index (χ4n) is 2.52. The fourth-order valence-corrected chi connectivity index (χ4v) is 2.52. The van der Waals surface area contributed by atoms with E-state index in [1.807, 2.05) is 0 Å². The molecule has 0 amide bonds. The molecule has 120 valence electrons. The molecule has 0 saturated carbocycles. The average molecular weight is 294 g/mol. The predicted molar refractivity (Wildman–Crippen MR) is 84.1 cm³/mol. The van der Waals surface area contributed by atoms with Gasteiger partial charge in [-0.25, -0.2) is 0 Å². The van der Waals surface area contributed by atoms with Crippen LogP contribution in [0.25, 0.3) is 0 Å². The van der Waals surface area contributed by atoms with E-state index in [0.717, 1.165) is 44.3 Å². The van der Waals surface area contributed by atoms with Gasteiger partial charge in [0, 0.05) is 32.6 Å². The van der Waals surface area contributed by atoms with Crippen LogP contribution in [0.3, 0.4) is 0 Å². The van der Waals surface area contributed by atoms with Gasteiger partial charge < -0.3 is 9.84 Å². The molecule has 0 bridgehead atoms. The molecule has 1 aromatic rings. The fraction of sp³-hybridized carbons (Fsp3) is 0.875. The summed E-state index contributed by atoms with van der Waals surface area (Å²) in [6.45, 7) is 17.4. The van der Waals surface area contributed by atoms with E-state index in [9.17, 15) is 0 Å². The van der Waals surface area contributed by atoms with Crippen molar-refractivity contribution in [1.82, 2.24) is 20.4 Å². The molecule has 1 saturated heterocycles. The smallest absolute Gasteiger partial charge is 0.227 e. The third-order valence-electron chi connectivity index (χ3n) is 4.88. The molecule has 0 aliphatic carbocycles. The number of hydrogen-bond donors (Lipinski definition) is 1. The van der Waals surface area contributed by atoms with Crippen molar-refractivity contribution < 1.29 is 4.52 Å². The van der Waals surface area contributed by atoms with E-state index in [1.54, 1.807) is 0 Å². The molecular formula is C16H30N4O. The highest BCUT2D eigenvalue weighted by Crippen LogP contribution is 2.30. The zero-order valence-corrected chi connectivity index (χ0v) is 14.4. The van der Waals surface area contributed by atoms with E-state index >= 15 is 0 Å². The van der Waals surface area contributed by atoms with Crippen molar-refractivity contribution >= 4 is 0 Å². The van der Waals surface area contributed by atoms with E-state index in [0.29, 0.717) is 5.92 Å². The first-order chi connectivity index (χ1) is 9.71. The molecule has 1 N–H and O–H groups in total. The molecule has 21 heavy (non-hydrogen) atoms. The van der Waals surface area contributed by atoms with Crippen molar-refractivity contribution in [3.8, 4) is 0 Å². The van der Waals surface area contributed by atoms with Crippen LogP contribution in [-0.2, 0) is 12.0 Å². The second-order valence-corrected chi connectivity index (χ2v) is 7.78.